The van der Waals surface area contributed by atoms with Crippen LogP contribution in [-0.2, 0) is 11.2 Å². The molecule has 0 bridgehead atoms. The summed E-state index contributed by atoms with van der Waals surface area (Å²) in [4.78, 5) is 7.26. The minimum Gasteiger partial charge on any atom is -0.376 e. The Morgan fingerprint density at radius 3 is 2.07 bits per heavy atom. The second-order valence-corrected chi connectivity index (χ2v) is 6.55. The van der Waals surface area contributed by atoms with Crippen molar-refractivity contribution in [1.29, 1.82) is 0 Å². The van der Waals surface area contributed by atoms with Gasteiger partial charge in [-0.3, -0.25) is 0 Å². The molecule has 0 aliphatic rings. The molecular weight excluding hydrogens is 384 g/mol. The maximum absolute atomic E-state index is 14.2. The number of para-hydroxylation sites is 1. The molecule has 0 saturated heterocycles. The number of hydrogen-bond acceptors (Lipinski definition) is 2. The molecule has 1 heterocycles. The monoisotopic (exact) mass is 400 g/mol. The van der Waals surface area contributed by atoms with Crippen molar-refractivity contribution in [2.45, 2.75) is 12.5 Å². The zero-order valence-electron chi connectivity index (χ0n) is 15.3. The number of rotatable bonds is 5. The lowest BCUT2D eigenvalue weighted by Gasteiger charge is -2.17. The molecule has 0 saturated carbocycles. The predicted octanol–water partition coefficient (Wildman–Crippen LogP) is 5.72. The number of methoxy groups -OCH3 is 1. The van der Waals surface area contributed by atoms with Crippen molar-refractivity contribution in [2.24, 2.45) is 0 Å². The van der Waals surface area contributed by atoms with Crippen molar-refractivity contribution in [2.75, 3.05) is 7.11 Å². The van der Waals surface area contributed by atoms with Crippen LogP contribution in [0.3, 0.4) is 0 Å². The lowest BCUT2D eigenvalue weighted by atomic mass is 9.99. The van der Waals surface area contributed by atoms with Crippen LogP contribution in [0.25, 0.3) is 22.4 Å². The van der Waals surface area contributed by atoms with E-state index in [0.29, 0.717) is 16.6 Å². The van der Waals surface area contributed by atoms with Crippen LogP contribution in [0.2, 0.25) is 0 Å². The highest BCUT2D eigenvalue weighted by molar-refractivity contribution is 5.83. The Labute approximate surface area is 164 Å². The van der Waals surface area contributed by atoms with Crippen LogP contribution < -0.4 is 0 Å². The Morgan fingerprint density at radius 2 is 1.45 bits per heavy atom. The molecule has 4 rings (SSSR count). The molecule has 0 radical (unpaired) electrons. The van der Waals surface area contributed by atoms with Gasteiger partial charge in [0, 0.05) is 24.7 Å². The maximum Gasteiger partial charge on any atom is 0.144 e. The van der Waals surface area contributed by atoms with Gasteiger partial charge in [-0.2, -0.15) is 0 Å². The van der Waals surface area contributed by atoms with E-state index in [2.05, 4.69) is 9.97 Å². The highest BCUT2D eigenvalue weighted by Crippen LogP contribution is 2.32. The highest BCUT2D eigenvalue weighted by atomic mass is 19.1. The Hall–Kier alpha value is -3.19. The van der Waals surface area contributed by atoms with Gasteiger partial charge in [0.1, 0.15) is 29.1 Å². The third-order valence-electron chi connectivity index (χ3n) is 4.83. The molecule has 0 aliphatic heterocycles. The van der Waals surface area contributed by atoms with Crippen LogP contribution in [-0.4, -0.2) is 17.1 Å². The van der Waals surface area contributed by atoms with Crippen molar-refractivity contribution < 1.29 is 22.3 Å². The summed E-state index contributed by atoms with van der Waals surface area (Å²) in [6.45, 7) is 0. The Morgan fingerprint density at radius 1 is 0.862 bits per heavy atom. The first kappa shape index (κ1) is 19.1. The lowest BCUT2D eigenvalue weighted by molar-refractivity contribution is 0.103. The third-order valence-corrected chi connectivity index (χ3v) is 4.83. The number of benzene rings is 3. The van der Waals surface area contributed by atoms with Crippen LogP contribution in [0, 0.1) is 23.3 Å². The summed E-state index contributed by atoms with van der Waals surface area (Å²) in [5.74, 6) is -2.81. The molecule has 1 aromatic heterocycles. The smallest absolute Gasteiger partial charge is 0.144 e. The molecule has 148 valence electrons. The van der Waals surface area contributed by atoms with Crippen LogP contribution in [0.15, 0.2) is 54.6 Å². The van der Waals surface area contributed by atoms with Gasteiger partial charge < -0.3 is 9.72 Å². The molecule has 7 heteroatoms. The summed E-state index contributed by atoms with van der Waals surface area (Å²) < 4.78 is 62.0. The summed E-state index contributed by atoms with van der Waals surface area (Å²) >= 11 is 0. The van der Waals surface area contributed by atoms with Gasteiger partial charge >= 0.3 is 0 Å². The van der Waals surface area contributed by atoms with E-state index in [1.54, 1.807) is 18.2 Å². The average Bonchev–Trinajstić information content (AvgIpc) is 3.12. The topological polar surface area (TPSA) is 37.9 Å². The number of ether oxygens (including phenoxy) is 1. The van der Waals surface area contributed by atoms with Crippen LogP contribution in [0.5, 0.6) is 0 Å². The number of halogens is 4. The first-order valence-corrected chi connectivity index (χ1v) is 8.88. The van der Waals surface area contributed by atoms with Crippen molar-refractivity contribution in [3.8, 4) is 11.4 Å². The van der Waals surface area contributed by atoms with Crippen LogP contribution >= 0.6 is 0 Å². The van der Waals surface area contributed by atoms with Gasteiger partial charge in [-0.15, -0.1) is 0 Å². The van der Waals surface area contributed by atoms with E-state index < -0.39 is 29.4 Å². The zero-order chi connectivity index (χ0) is 20.5. The molecule has 1 N–H and O–H groups in total. The minimum atomic E-state index is -0.748. The molecule has 0 spiro atoms. The zero-order valence-corrected chi connectivity index (χ0v) is 15.3. The van der Waals surface area contributed by atoms with E-state index in [0.717, 1.165) is 12.1 Å². The fraction of sp³-hybridized carbons (Fsp3) is 0.136. The Kier molecular flexibility index (Phi) is 5.07. The van der Waals surface area contributed by atoms with Gasteiger partial charge in [0.05, 0.1) is 22.7 Å². The largest absolute Gasteiger partial charge is 0.376 e. The van der Waals surface area contributed by atoms with Crippen molar-refractivity contribution in [3.63, 3.8) is 0 Å². The van der Waals surface area contributed by atoms with E-state index in [-0.39, 0.29) is 23.4 Å². The second kappa shape index (κ2) is 7.67. The average molecular weight is 400 g/mol. The summed E-state index contributed by atoms with van der Waals surface area (Å²) in [6, 6.07) is 12.3. The quantitative estimate of drug-likeness (QED) is 0.436. The number of aromatic amines is 1. The summed E-state index contributed by atoms with van der Waals surface area (Å²) in [6.07, 6.45) is -0.781. The van der Waals surface area contributed by atoms with Gasteiger partial charge in [-0.1, -0.05) is 24.3 Å². The molecule has 3 nitrogen and oxygen atoms in total. The van der Waals surface area contributed by atoms with E-state index in [4.69, 9.17) is 4.74 Å². The van der Waals surface area contributed by atoms with E-state index in [1.165, 1.54) is 31.4 Å². The molecule has 0 amide bonds. The predicted molar refractivity (Wildman–Crippen MR) is 101 cm³/mol. The third kappa shape index (κ3) is 3.49. The number of nitrogens with one attached hydrogen (secondary N) is 1. The second-order valence-electron chi connectivity index (χ2n) is 6.55. The normalized spacial score (nSPS) is 12.4. The van der Waals surface area contributed by atoms with Crippen molar-refractivity contribution >= 4 is 11.0 Å². The number of fused-ring (bicyclic) bond motifs is 1. The van der Waals surface area contributed by atoms with Crippen LogP contribution in [0.1, 0.15) is 17.2 Å². The highest BCUT2D eigenvalue weighted by Gasteiger charge is 2.22. The molecule has 29 heavy (non-hydrogen) atoms. The number of H-pyrrole nitrogens is 1. The molecular formula is C22H16F4N2O. The summed E-state index contributed by atoms with van der Waals surface area (Å²) in [7, 11) is 1.42. The van der Waals surface area contributed by atoms with Crippen LogP contribution in [0.4, 0.5) is 17.6 Å². The molecule has 0 aliphatic carbocycles. The number of hydrogen-bond donors (Lipinski definition) is 1. The number of nitrogens with zero attached hydrogens (tertiary/aromatic N) is 1. The molecule has 1 unspecified atom stereocenters. The summed E-state index contributed by atoms with van der Waals surface area (Å²) in [5, 5.41) is 0. The molecule has 1 atom stereocenters. The standard InChI is InChI=1S/C22H16F4N2O/c1-29-19(11-13-14(23)6-3-7-15(13)24)12-5-2-10-18-21(12)28-22(27-18)20-16(25)8-4-9-17(20)26/h2-10,19H,11H2,1H3,(H,27,28). The van der Waals surface area contributed by atoms with E-state index in [9.17, 15) is 17.6 Å². The lowest BCUT2D eigenvalue weighted by Crippen LogP contribution is -2.09. The first-order chi connectivity index (χ1) is 14.0. The fourth-order valence-electron chi connectivity index (χ4n) is 3.39. The van der Waals surface area contributed by atoms with Gasteiger partial charge in [0.15, 0.2) is 0 Å². The fourth-order valence-corrected chi connectivity index (χ4v) is 3.39. The molecule has 4 aromatic rings. The van der Waals surface area contributed by atoms with Gasteiger partial charge in [-0.05, 0) is 30.3 Å². The maximum atomic E-state index is 14.2. The summed E-state index contributed by atoms with van der Waals surface area (Å²) in [5.41, 5.74) is 1.10. The minimum absolute atomic E-state index is 0.0231. The molecule has 3 aromatic carbocycles. The van der Waals surface area contributed by atoms with Gasteiger partial charge in [0.25, 0.3) is 0 Å². The van der Waals surface area contributed by atoms with Crippen molar-refractivity contribution in [3.05, 3.63) is 89.0 Å². The van der Waals surface area contributed by atoms with Gasteiger partial charge in [0.2, 0.25) is 0 Å². The van der Waals surface area contributed by atoms with E-state index >= 15 is 0 Å². The van der Waals surface area contributed by atoms with Gasteiger partial charge in [-0.25, -0.2) is 22.5 Å². The number of aromatic nitrogens is 2. The Bertz CT molecular complexity index is 1150. The first-order valence-electron chi connectivity index (χ1n) is 8.88. The number of imidazole rings is 1. The van der Waals surface area contributed by atoms with Crippen molar-refractivity contribution in [1.82, 2.24) is 9.97 Å². The SMILES string of the molecule is COC(Cc1c(F)cccc1F)c1cccc2[nH]c(-c3c(F)cccc3F)nc12. The Balaban J connectivity index is 1.80. The molecule has 0 fully saturated rings. The van der Waals surface area contributed by atoms with E-state index in [1.807, 2.05) is 0 Å².